The van der Waals surface area contributed by atoms with Gasteiger partial charge in [-0.05, 0) is 30.5 Å². The Balaban J connectivity index is 1.91. The third-order valence-electron chi connectivity index (χ3n) is 2.72. The van der Waals surface area contributed by atoms with E-state index in [0.717, 1.165) is 5.56 Å². The van der Waals surface area contributed by atoms with Crippen LogP contribution in [-0.2, 0) is 6.42 Å². The summed E-state index contributed by atoms with van der Waals surface area (Å²) < 4.78 is 0. The van der Waals surface area contributed by atoms with Crippen molar-refractivity contribution in [2.75, 3.05) is 6.54 Å². The smallest absolute Gasteiger partial charge is 0.0706 e. The predicted molar refractivity (Wildman–Crippen MR) is 67.2 cm³/mol. The van der Waals surface area contributed by atoms with Gasteiger partial charge in [0.15, 0.2) is 0 Å². The first-order valence-electron chi connectivity index (χ1n) is 5.51. The number of hydrogen-bond donors (Lipinski definition) is 2. The number of aliphatic hydroxyl groups excluding tert-OH is 1. The van der Waals surface area contributed by atoms with Gasteiger partial charge >= 0.3 is 0 Å². The van der Waals surface area contributed by atoms with Crippen molar-refractivity contribution in [2.24, 2.45) is 0 Å². The molecule has 1 unspecified atom stereocenters. The highest BCUT2D eigenvalue weighted by Crippen LogP contribution is 2.25. The molecule has 2 N–H and O–H groups in total. The Morgan fingerprint density at radius 2 is 1.94 bits per heavy atom. The summed E-state index contributed by atoms with van der Waals surface area (Å²) in [5.74, 6) is 0. The molecular weight excluding hydrogens is 245 g/mol. The van der Waals surface area contributed by atoms with Gasteiger partial charge in [0, 0.05) is 29.1 Å². The summed E-state index contributed by atoms with van der Waals surface area (Å²) in [6.45, 7) is 0.603. The summed E-state index contributed by atoms with van der Waals surface area (Å²) in [6.07, 6.45) is 2.51. The summed E-state index contributed by atoms with van der Waals surface area (Å²) in [7, 11) is 0. The van der Waals surface area contributed by atoms with Gasteiger partial charge in [0.25, 0.3) is 0 Å². The zero-order chi connectivity index (χ0) is 11.5. The minimum Gasteiger partial charge on any atom is -0.391 e. The standard InChI is InChI=1S/C12H15Cl2NO/c13-11-2-1-3-12(14)10(11)6-9(16)7-15-8-4-5-8/h1-3,8-9,15-16H,4-7H2. The van der Waals surface area contributed by atoms with Crippen LogP contribution in [0.2, 0.25) is 10.0 Å². The molecule has 16 heavy (non-hydrogen) atoms. The van der Waals surface area contributed by atoms with Crippen LogP contribution in [0.1, 0.15) is 18.4 Å². The lowest BCUT2D eigenvalue weighted by Crippen LogP contribution is -2.29. The molecule has 88 valence electrons. The van der Waals surface area contributed by atoms with Crippen molar-refractivity contribution in [3.8, 4) is 0 Å². The minimum absolute atomic E-state index is 0.432. The summed E-state index contributed by atoms with van der Waals surface area (Å²) in [5, 5.41) is 14.4. The van der Waals surface area contributed by atoms with E-state index in [2.05, 4.69) is 5.32 Å². The van der Waals surface area contributed by atoms with Crippen LogP contribution in [0.25, 0.3) is 0 Å². The first kappa shape index (κ1) is 12.2. The lowest BCUT2D eigenvalue weighted by molar-refractivity contribution is 0.171. The van der Waals surface area contributed by atoms with E-state index in [-0.39, 0.29) is 0 Å². The van der Waals surface area contributed by atoms with Crippen molar-refractivity contribution < 1.29 is 5.11 Å². The van der Waals surface area contributed by atoms with Crippen molar-refractivity contribution in [1.82, 2.24) is 5.32 Å². The number of nitrogens with one attached hydrogen (secondary N) is 1. The first-order chi connectivity index (χ1) is 7.66. The van der Waals surface area contributed by atoms with Gasteiger partial charge in [-0.3, -0.25) is 0 Å². The van der Waals surface area contributed by atoms with Gasteiger partial charge in [-0.2, -0.15) is 0 Å². The first-order valence-corrected chi connectivity index (χ1v) is 6.26. The van der Waals surface area contributed by atoms with Crippen LogP contribution < -0.4 is 5.32 Å². The van der Waals surface area contributed by atoms with Gasteiger partial charge < -0.3 is 10.4 Å². The predicted octanol–water partition coefficient (Wildman–Crippen LogP) is 2.65. The molecule has 1 aromatic rings. The second kappa shape index (κ2) is 5.37. The Bertz CT molecular complexity index is 346. The van der Waals surface area contributed by atoms with Gasteiger partial charge in [-0.25, -0.2) is 0 Å². The zero-order valence-corrected chi connectivity index (χ0v) is 10.4. The molecule has 1 aliphatic carbocycles. The fourth-order valence-electron chi connectivity index (χ4n) is 1.63. The molecule has 0 saturated heterocycles. The molecule has 0 aromatic heterocycles. The summed E-state index contributed by atoms with van der Waals surface area (Å²) >= 11 is 12.1. The topological polar surface area (TPSA) is 32.3 Å². The number of benzene rings is 1. The molecule has 0 aliphatic heterocycles. The van der Waals surface area contributed by atoms with Crippen molar-refractivity contribution in [3.05, 3.63) is 33.8 Å². The van der Waals surface area contributed by atoms with E-state index in [9.17, 15) is 5.11 Å². The van der Waals surface area contributed by atoms with E-state index < -0.39 is 6.10 Å². The largest absolute Gasteiger partial charge is 0.391 e. The maximum atomic E-state index is 9.85. The fraction of sp³-hybridized carbons (Fsp3) is 0.500. The summed E-state index contributed by atoms with van der Waals surface area (Å²) in [5.41, 5.74) is 0.830. The fourth-order valence-corrected chi connectivity index (χ4v) is 2.18. The van der Waals surface area contributed by atoms with Gasteiger partial charge in [-0.15, -0.1) is 0 Å². The zero-order valence-electron chi connectivity index (χ0n) is 8.92. The third-order valence-corrected chi connectivity index (χ3v) is 3.43. The van der Waals surface area contributed by atoms with E-state index >= 15 is 0 Å². The van der Waals surface area contributed by atoms with Gasteiger partial charge in [0.1, 0.15) is 0 Å². The van der Waals surface area contributed by atoms with Gasteiger partial charge in [-0.1, -0.05) is 29.3 Å². The lowest BCUT2D eigenvalue weighted by atomic mass is 10.1. The highest BCUT2D eigenvalue weighted by atomic mass is 35.5. The van der Waals surface area contributed by atoms with Crippen molar-refractivity contribution in [1.29, 1.82) is 0 Å². The maximum Gasteiger partial charge on any atom is 0.0706 e. The summed E-state index contributed by atoms with van der Waals surface area (Å²) in [4.78, 5) is 0. The lowest BCUT2D eigenvalue weighted by Gasteiger charge is -2.13. The Hall–Kier alpha value is -0.280. The Morgan fingerprint density at radius 3 is 2.50 bits per heavy atom. The second-order valence-corrected chi connectivity index (χ2v) is 5.06. The average Bonchev–Trinajstić information content (AvgIpc) is 3.04. The van der Waals surface area contributed by atoms with Crippen LogP contribution in [0.15, 0.2) is 18.2 Å². The molecule has 1 aromatic carbocycles. The van der Waals surface area contributed by atoms with Crippen LogP contribution >= 0.6 is 23.2 Å². The van der Waals surface area contributed by atoms with Crippen LogP contribution in [0, 0.1) is 0 Å². The number of hydrogen-bond acceptors (Lipinski definition) is 2. The quantitative estimate of drug-likeness (QED) is 0.853. The highest BCUT2D eigenvalue weighted by Gasteiger charge is 2.21. The van der Waals surface area contributed by atoms with E-state index in [1.54, 1.807) is 12.1 Å². The molecule has 0 amide bonds. The van der Waals surface area contributed by atoms with E-state index in [1.807, 2.05) is 6.07 Å². The van der Waals surface area contributed by atoms with Crippen molar-refractivity contribution >= 4 is 23.2 Å². The number of aliphatic hydroxyl groups is 1. The monoisotopic (exact) mass is 259 g/mol. The molecule has 0 radical (unpaired) electrons. The third kappa shape index (κ3) is 3.36. The van der Waals surface area contributed by atoms with E-state index in [0.29, 0.717) is 29.1 Å². The molecule has 0 bridgehead atoms. The number of rotatable bonds is 5. The minimum atomic E-state index is -0.432. The molecule has 0 heterocycles. The molecule has 2 nitrogen and oxygen atoms in total. The molecule has 2 rings (SSSR count). The maximum absolute atomic E-state index is 9.85. The van der Waals surface area contributed by atoms with Gasteiger partial charge in [0.2, 0.25) is 0 Å². The Kier molecular flexibility index (Phi) is 4.09. The molecule has 0 spiro atoms. The van der Waals surface area contributed by atoms with Crippen molar-refractivity contribution in [3.63, 3.8) is 0 Å². The Labute approximate surface area is 106 Å². The van der Waals surface area contributed by atoms with E-state index in [1.165, 1.54) is 12.8 Å². The molecule has 4 heteroatoms. The molecular formula is C12H15Cl2NO. The van der Waals surface area contributed by atoms with Crippen LogP contribution in [-0.4, -0.2) is 23.8 Å². The van der Waals surface area contributed by atoms with Crippen LogP contribution in [0.5, 0.6) is 0 Å². The average molecular weight is 260 g/mol. The molecule has 1 fully saturated rings. The van der Waals surface area contributed by atoms with E-state index in [4.69, 9.17) is 23.2 Å². The molecule has 1 aliphatic rings. The Morgan fingerprint density at radius 1 is 1.31 bits per heavy atom. The van der Waals surface area contributed by atoms with Crippen molar-refractivity contribution in [2.45, 2.75) is 31.4 Å². The van der Waals surface area contributed by atoms with Crippen LogP contribution in [0.3, 0.4) is 0 Å². The SMILES string of the molecule is OC(CNC1CC1)Cc1c(Cl)cccc1Cl. The molecule has 1 atom stereocenters. The molecule has 1 saturated carbocycles. The summed E-state index contributed by atoms with van der Waals surface area (Å²) in [6, 6.07) is 6.01. The van der Waals surface area contributed by atoms with Gasteiger partial charge in [0.05, 0.1) is 6.10 Å². The second-order valence-electron chi connectivity index (χ2n) is 4.24. The van der Waals surface area contributed by atoms with Crippen LogP contribution in [0.4, 0.5) is 0 Å². The highest BCUT2D eigenvalue weighted by molar-refractivity contribution is 6.35. The normalized spacial score (nSPS) is 17.4. The number of halogens is 2.